The van der Waals surface area contributed by atoms with Crippen molar-refractivity contribution in [3.05, 3.63) is 10.1 Å². The van der Waals surface area contributed by atoms with Crippen LogP contribution in [0.25, 0.3) is 0 Å². The molecule has 0 unspecified atom stereocenters. The molecule has 0 aromatic rings. The van der Waals surface area contributed by atoms with Crippen molar-refractivity contribution in [3.8, 4) is 0 Å². The number of nitro groups is 1. The third-order valence-electron chi connectivity index (χ3n) is 1.31. The van der Waals surface area contributed by atoms with Crippen molar-refractivity contribution in [2.45, 2.75) is 25.8 Å². The molecule has 0 spiro atoms. The van der Waals surface area contributed by atoms with Gasteiger partial charge in [0.2, 0.25) is 6.54 Å². The van der Waals surface area contributed by atoms with E-state index in [1.807, 2.05) is 13.8 Å². The van der Waals surface area contributed by atoms with Gasteiger partial charge in [0.15, 0.2) is 0 Å². The van der Waals surface area contributed by atoms with E-state index in [4.69, 9.17) is 5.84 Å². The van der Waals surface area contributed by atoms with Crippen molar-refractivity contribution in [1.29, 1.82) is 0 Å². The van der Waals surface area contributed by atoms with Crippen molar-refractivity contribution in [2.75, 3.05) is 6.54 Å². The third kappa shape index (κ3) is 4.22. The fourth-order valence-corrected chi connectivity index (χ4v) is 0.443. The summed E-state index contributed by atoms with van der Waals surface area (Å²) in [5, 5.41) is 9.90. The van der Waals surface area contributed by atoms with Gasteiger partial charge in [-0.2, -0.15) is 0 Å². The smallest absolute Gasteiger partial charge is 0.205 e. The maximum atomic E-state index is 9.90. The summed E-state index contributed by atoms with van der Waals surface area (Å²) in [6.45, 7) is 3.59. The van der Waals surface area contributed by atoms with Gasteiger partial charge in [0, 0.05) is 16.9 Å². The van der Waals surface area contributed by atoms with Gasteiger partial charge in [0.25, 0.3) is 0 Å². The number of rotatable bonds is 4. The standard InChI is InChI=1S/C5H13N3O2/c1-5(2,7-6)3-4-8(9)10/h7H,3-4,6H2,1-2H3. The quantitative estimate of drug-likeness (QED) is 0.330. The highest BCUT2D eigenvalue weighted by atomic mass is 16.6. The lowest BCUT2D eigenvalue weighted by Gasteiger charge is -2.20. The van der Waals surface area contributed by atoms with Gasteiger partial charge in [-0.1, -0.05) is 0 Å². The summed E-state index contributed by atoms with van der Waals surface area (Å²) in [6, 6.07) is 0. The van der Waals surface area contributed by atoms with Crippen LogP contribution in [0.4, 0.5) is 0 Å². The lowest BCUT2D eigenvalue weighted by Crippen LogP contribution is -2.45. The number of nitrogens with one attached hydrogen (secondary N) is 1. The largest absolute Gasteiger partial charge is 0.271 e. The van der Waals surface area contributed by atoms with Gasteiger partial charge in [0.1, 0.15) is 0 Å². The van der Waals surface area contributed by atoms with Crippen LogP contribution in [-0.2, 0) is 0 Å². The minimum Gasteiger partial charge on any atom is -0.271 e. The summed E-state index contributed by atoms with van der Waals surface area (Å²) in [5.74, 6) is 5.12. The second-order valence-corrected chi connectivity index (χ2v) is 2.83. The summed E-state index contributed by atoms with van der Waals surface area (Å²) >= 11 is 0. The van der Waals surface area contributed by atoms with Crippen LogP contribution in [0, 0.1) is 10.1 Å². The van der Waals surface area contributed by atoms with Gasteiger partial charge in [-0.25, -0.2) is 0 Å². The lowest BCUT2D eigenvalue weighted by atomic mass is 10.0. The molecule has 0 aliphatic carbocycles. The molecule has 3 N–H and O–H groups in total. The lowest BCUT2D eigenvalue weighted by molar-refractivity contribution is -0.481. The summed E-state index contributed by atoms with van der Waals surface area (Å²) < 4.78 is 0. The predicted molar refractivity (Wildman–Crippen MR) is 37.9 cm³/mol. The summed E-state index contributed by atoms with van der Waals surface area (Å²) in [7, 11) is 0. The van der Waals surface area contributed by atoms with E-state index in [-0.39, 0.29) is 17.0 Å². The molecular weight excluding hydrogens is 134 g/mol. The van der Waals surface area contributed by atoms with Gasteiger partial charge in [-0.15, -0.1) is 0 Å². The van der Waals surface area contributed by atoms with Gasteiger partial charge in [-0.05, 0) is 13.8 Å². The highest BCUT2D eigenvalue weighted by Gasteiger charge is 2.17. The number of nitrogens with two attached hydrogens (primary N) is 1. The second kappa shape index (κ2) is 3.48. The Hall–Kier alpha value is -0.680. The summed E-state index contributed by atoms with van der Waals surface area (Å²) in [5.41, 5.74) is 2.15. The van der Waals surface area contributed by atoms with Gasteiger partial charge < -0.3 is 0 Å². The zero-order valence-corrected chi connectivity index (χ0v) is 6.26. The maximum Gasteiger partial charge on any atom is 0.205 e. The molecule has 0 aromatic heterocycles. The normalized spacial score (nSPS) is 11.5. The van der Waals surface area contributed by atoms with Crippen molar-refractivity contribution in [2.24, 2.45) is 5.84 Å². The second-order valence-electron chi connectivity index (χ2n) is 2.83. The van der Waals surface area contributed by atoms with E-state index in [2.05, 4.69) is 5.43 Å². The molecule has 0 saturated heterocycles. The van der Waals surface area contributed by atoms with Crippen molar-refractivity contribution >= 4 is 0 Å². The molecule has 5 nitrogen and oxygen atoms in total. The number of nitrogens with zero attached hydrogens (tertiary/aromatic N) is 1. The highest BCUT2D eigenvalue weighted by molar-refractivity contribution is 4.72. The maximum absolute atomic E-state index is 9.90. The Morgan fingerprint density at radius 2 is 2.20 bits per heavy atom. The average molecular weight is 147 g/mol. The molecule has 60 valence electrons. The minimum atomic E-state index is -0.348. The Morgan fingerprint density at radius 1 is 1.70 bits per heavy atom. The van der Waals surface area contributed by atoms with Crippen LogP contribution < -0.4 is 11.3 Å². The molecule has 0 amide bonds. The molecule has 0 saturated carbocycles. The van der Waals surface area contributed by atoms with Crippen LogP contribution in [0.15, 0.2) is 0 Å². The zero-order valence-electron chi connectivity index (χ0n) is 6.26. The molecule has 0 aliphatic rings. The third-order valence-corrected chi connectivity index (χ3v) is 1.31. The van der Waals surface area contributed by atoms with Crippen LogP contribution in [0.5, 0.6) is 0 Å². The molecule has 0 atom stereocenters. The van der Waals surface area contributed by atoms with Gasteiger partial charge in [0.05, 0.1) is 0 Å². The van der Waals surface area contributed by atoms with Crippen LogP contribution in [0.3, 0.4) is 0 Å². The van der Waals surface area contributed by atoms with E-state index < -0.39 is 0 Å². The Bertz CT molecular complexity index is 124. The van der Waals surface area contributed by atoms with E-state index in [0.717, 1.165) is 0 Å². The summed E-state index contributed by atoms with van der Waals surface area (Å²) in [6.07, 6.45) is 0.441. The topological polar surface area (TPSA) is 81.2 Å². The van der Waals surface area contributed by atoms with Gasteiger partial charge in [-0.3, -0.25) is 21.4 Å². The fraction of sp³-hybridized carbons (Fsp3) is 1.00. The SMILES string of the molecule is CC(C)(CC[N+](=O)[O-])NN. The Kier molecular flexibility index (Phi) is 3.24. The molecular formula is C5H13N3O2. The molecule has 0 radical (unpaired) electrons. The number of hydrogen-bond acceptors (Lipinski definition) is 4. The van der Waals surface area contributed by atoms with Crippen LogP contribution >= 0.6 is 0 Å². The van der Waals surface area contributed by atoms with Crippen LogP contribution in [0.2, 0.25) is 0 Å². The Labute approximate surface area is 59.7 Å². The summed E-state index contributed by atoms with van der Waals surface area (Å²) in [4.78, 5) is 9.55. The first-order chi connectivity index (χ1) is 4.48. The molecule has 0 aromatic carbocycles. The van der Waals surface area contributed by atoms with Gasteiger partial charge >= 0.3 is 0 Å². The molecule has 0 heterocycles. The van der Waals surface area contributed by atoms with E-state index in [1.165, 1.54) is 0 Å². The molecule has 0 fully saturated rings. The molecule has 0 aliphatic heterocycles. The van der Waals surface area contributed by atoms with E-state index in [9.17, 15) is 10.1 Å². The Morgan fingerprint density at radius 3 is 2.50 bits per heavy atom. The molecule has 5 heteroatoms. The number of hydrazine groups is 1. The number of hydrogen-bond donors (Lipinski definition) is 2. The Balaban J connectivity index is 3.56. The van der Waals surface area contributed by atoms with Crippen molar-refractivity contribution < 1.29 is 4.92 Å². The van der Waals surface area contributed by atoms with Crippen molar-refractivity contribution in [3.63, 3.8) is 0 Å². The van der Waals surface area contributed by atoms with E-state index in [1.54, 1.807) is 0 Å². The zero-order chi connectivity index (χ0) is 8.20. The monoisotopic (exact) mass is 147 g/mol. The first-order valence-corrected chi connectivity index (χ1v) is 3.07. The molecule has 0 bridgehead atoms. The average Bonchev–Trinajstić information content (AvgIpc) is 1.85. The van der Waals surface area contributed by atoms with Crippen LogP contribution in [0.1, 0.15) is 20.3 Å². The minimum absolute atomic E-state index is 0.0444. The van der Waals surface area contributed by atoms with E-state index >= 15 is 0 Å². The van der Waals surface area contributed by atoms with Crippen molar-refractivity contribution in [1.82, 2.24) is 5.43 Å². The first-order valence-electron chi connectivity index (χ1n) is 3.07. The predicted octanol–water partition coefficient (Wildman–Crippen LogP) is -0.105. The first kappa shape index (κ1) is 9.32. The highest BCUT2D eigenvalue weighted by Crippen LogP contribution is 2.04. The van der Waals surface area contributed by atoms with E-state index in [0.29, 0.717) is 6.42 Å². The molecule has 10 heavy (non-hydrogen) atoms. The fourth-order valence-electron chi connectivity index (χ4n) is 0.443. The molecule has 0 rings (SSSR count). The van der Waals surface area contributed by atoms with Crippen LogP contribution in [-0.4, -0.2) is 17.0 Å².